The fourth-order valence-corrected chi connectivity index (χ4v) is 3.25. The molecule has 23 heavy (non-hydrogen) atoms. The number of ether oxygens (including phenoxy) is 1. The summed E-state index contributed by atoms with van der Waals surface area (Å²) >= 11 is 4.42. The van der Waals surface area contributed by atoms with Crippen LogP contribution in [0.15, 0.2) is 17.8 Å². The van der Waals surface area contributed by atoms with Gasteiger partial charge in [-0.15, -0.1) is 0 Å². The summed E-state index contributed by atoms with van der Waals surface area (Å²) in [5.41, 5.74) is 0.956. The number of piperidine rings is 1. The molecular weight excluding hydrogens is 318 g/mol. The fourth-order valence-electron chi connectivity index (χ4n) is 2.88. The van der Waals surface area contributed by atoms with E-state index >= 15 is 0 Å². The average molecular weight is 341 g/mol. The third-order valence-corrected chi connectivity index (χ3v) is 4.37. The third kappa shape index (κ3) is 4.40. The number of nitrogens with zero attached hydrogens (tertiary/aromatic N) is 3. The Morgan fingerprint density at radius 1 is 1.43 bits per heavy atom. The van der Waals surface area contributed by atoms with E-state index in [2.05, 4.69) is 24.4 Å². The summed E-state index contributed by atoms with van der Waals surface area (Å²) in [4.78, 5) is 32.9. The SMILES string of the molecule is C=CCOC(=O)N1C[C@@H](S)C[C@H]1C(=O)N1CCC(=NOC)CC1. The number of likely N-dealkylation sites (tertiary alicyclic amines) is 2. The number of hydrogen-bond donors (Lipinski definition) is 1. The molecule has 8 heteroatoms. The molecule has 0 aromatic rings. The van der Waals surface area contributed by atoms with Gasteiger partial charge in [0.15, 0.2) is 0 Å². The molecule has 2 atom stereocenters. The van der Waals surface area contributed by atoms with Crippen molar-refractivity contribution in [3.05, 3.63) is 12.7 Å². The monoisotopic (exact) mass is 341 g/mol. The van der Waals surface area contributed by atoms with Gasteiger partial charge in [0.25, 0.3) is 0 Å². The first kappa shape index (κ1) is 17.7. The maximum atomic E-state index is 12.8. The molecule has 0 aromatic heterocycles. The van der Waals surface area contributed by atoms with E-state index in [0.717, 1.165) is 5.71 Å². The van der Waals surface area contributed by atoms with Crippen molar-refractivity contribution < 1.29 is 19.2 Å². The van der Waals surface area contributed by atoms with E-state index in [1.807, 2.05) is 0 Å². The van der Waals surface area contributed by atoms with Gasteiger partial charge in [0.2, 0.25) is 5.91 Å². The first-order chi connectivity index (χ1) is 11.1. The molecule has 2 aliphatic heterocycles. The van der Waals surface area contributed by atoms with Crippen molar-refractivity contribution in [3.63, 3.8) is 0 Å². The highest BCUT2D eigenvalue weighted by atomic mass is 32.1. The third-order valence-electron chi connectivity index (χ3n) is 4.00. The van der Waals surface area contributed by atoms with E-state index in [1.165, 1.54) is 18.1 Å². The number of amides is 2. The first-order valence-electron chi connectivity index (χ1n) is 7.66. The molecule has 2 heterocycles. The molecule has 0 aliphatic carbocycles. The van der Waals surface area contributed by atoms with Crippen molar-refractivity contribution in [1.29, 1.82) is 0 Å². The largest absolute Gasteiger partial charge is 0.445 e. The van der Waals surface area contributed by atoms with Gasteiger partial charge in [-0.2, -0.15) is 12.6 Å². The highest BCUT2D eigenvalue weighted by molar-refractivity contribution is 7.81. The molecule has 0 spiro atoms. The van der Waals surface area contributed by atoms with E-state index in [0.29, 0.717) is 38.9 Å². The van der Waals surface area contributed by atoms with Crippen LogP contribution < -0.4 is 0 Å². The minimum Gasteiger partial charge on any atom is -0.445 e. The van der Waals surface area contributed by atoms with Crippen LogP contribution in [-0.4, -0.2) is 72.2 Å². The van der Waals surface area contributed by atoms with Crippen molar-refractivity contribution in [3.8, 4) is 0 Å². The van der Waals surface area contributed by atoms with Crippen molar-refractivity contribution in [2.75, 3.05) is 33.4 Å². The zero-order valence-corrected chi connectivity index (χ0v) is 14.2. The molecule has 2 rings (SSSR count). The Morgan fingerprint density at radius 3 is 2.74 bits per heavy atom. The molecule has 2 amide bonds. The van der Waals surface area contributed by atoms with Crippen LogP contribution in [0, 0.1) is 0 Å². The Morgan fingerprint density at radius 2 is 2.13 bits per heavy atom. The Balaban J connectivity index is 1.98. The Labute approximate surface area is 141 Å². The molecule has 128 valence electrons. The summed E-state index contributed by atoms with van der Waals surface area (Å²) in [5.74, 6) is -0.0476. The maximum Gasteiger partial charge on any atom is 0.410 e. The summed E-state index contributed by atoms with van der Waals surface area (Å²) in [5, 5.41) is 3.92. The molecule has 0 bridgehead atoms. The summed E-state index contributed by atoms with van der Waals surface area (Å²) in [6.45, 7) is 5.24. The summed E-state index contributed by atoms with van der Waals surface area (Å²) in [7, 11) is 1.52. The van der Waals surface area contributed by atoms with Crippen LogP contribution in [0.1, 0.15) is 19.3 Å². The van der Waals surface area contributed by atoms with Gasteiger partial charge < -0.3 is 14.5 Å². The lowest BCUT2D eigenvalue weighted by atomic mass is 10.1. The maximum absolute atomic E-state index is 12.8. The average Bonchev–Trinajstić information content (AvgIpc) is 2.95. The normalized spacial score (nSPS) is 24.3. The second-order valence-corrected chi connectivity index (χ2v) is 6.32. The lowest BCUT2D eigenvalue weighted by Gasteiger charge is -2.32. The van der Waals surface area contributed by atoms with Crippen LogP contribution in [0.5, 0.6) is 0 Å². The Kier molecular flexibility index (Phi) is 6.32. The Bertz CT molecular complexity index is 487. The highest BCUT2D eigenvalue weighted by Gasteiger charge is 2.41. The molecule has 0 unspecified atom stereocenters. The van der Waals surface area contributed by atoms with Gasteiger partial charge >= 0.3 is 6.09 Å². The van der Waals surface area contributed by atoms with Gasteiger partial charge in [0, 0.05) is 37.7 Å². The zero-order valence-electron chi connectivity index (χ0n) is 13.3. The quantitative estimate of drug-likeness (QED) is 0.475. The molecule has 2 saturated heterocycles. The van der Waals surface area contributed by atoms with Crippen LogP contribution in [0.25, 0.3) is 0 Å². The van der Waals surface area contributed by atoms with Crippen molar-refractivity contribution in [2.45, 2.75) is 30.6 Å². The van der Waals surface area contributed by atoms with E-state index in [1.54, 1.807) is 4.90 Å². The van der Waals surface area contributed by atoms with Crippen molar-refractivity contribution in [2.24, 2.45) is 5.16 Å². The van der Waals surface area contributed by atoms with Gasteiger partial charge in [-0.3, -0.25) is 9.69 Å². The van der Waals surface area contributed by atoms with Gasteiger partial charge in [-0.05, 0) is 6.42 Å². The number of hydrogen-bond acceptors (Lipinski definition) is 6. The summed E-state index contributed by atoms with van der Waals surface area (Å²) in [6, 6.07) is -0.504. The van der Waals surface area contributed by atoms with E-state index in [9.17, 15) is 9.59 Å². The molecule has 0 radical (unpaired) electrons. The van der Waals surface area contributed by atoms with Crippen LogP contribution in [-0.2, 0) is 14.4 Å². The number of rotatable bonds is 4. The molecule has 2 aliphatic rings. The predicted octanol–water partition coefficient (Wildman–Crippen LogP) is 1.31. The highest BCUT2D eigenvalue weighted by Crippen LogP contribution is 2.25. The molecule has 0 N–H and O–H groups in total. The standard InChI is InChI=1S/C15H23N3O4S/c1-3-8-22-15(20)18-10-12(23)9-13(18)14(19)17-6-4-11(5-7-17)16-21-2/h3,12-13,23H,1,4-10H2,2H3/t12-,13-/m0/s1. The Hall–Kier alpha value is -1.70. The van der Waals surface area contributed by atoms with Crippen LogP contribution in [0.3, 0.4) is 0 Å². The second-order valence-electron chi connectivity index (χ2n) is 5.59. The van der Waals surface area contributed by atoms with E-state index in [4.69, 9.17) is 9.57 Å². The number of thiol groups is 1. The minimum atomic E-state index is -0.504. The molecule has 0 saturated carbocycles. The predicted molar refractivity (Wildman–Crippen MR) is 89.7 cm³/mol. The fraction of sp³-hybridized carbons (Fsp3) is 0.667. The summed E-state index contributed by atoms with van der Waals surface area (Å²) in [6.07, 6.45) is 2.94. The minimum absolute atomic E-state index is 0.0179. The van der Waals surface area contributed by atoms with Crippen LogP contribution in [0.4, 0.5) is 4.79 Å². The van der Waals surface area contributed by atoms with Crippen molar-refractivity contribution in [1.82, 2.24) is 9.80 Å². The molecular formula is C15H23N3O4S. The molecule has 0 aromatic carbocycles. The number of carbonyl (C=O) groups is 2. The zero-order chi connectivity index (χ0) is 16.8. The number of oxime groups is 1. The molecule has 2 fully saturated rings. The second kappa shape index (κ2) is 8.24. The van der Waals surface area contributed by atoms with Gasteiger partial charge in [-0.1, -0.05) is 17.8 Å². The van der Waals surface area contributed by atoms with Gasteiger partial charge in [-0.25, -0.2) is 4.79 Å². The smallest absolute Gasteiger partial charge is 0.410 e. The van der Waals surface area contributed by atoms with Crippen LogP contribution in [0.2, 0.25) is 0 Å². The lowest BCUT2D eigenvalue weighted by molar-refractivity contribution is -0.135. The first-order valence-corrected chi connectivity index (χ1v) is 8.18. The lowest BCUT2D eigenvalue weighted by Crippen LogP contribution is -2.50. The topological polar surface area (TPSA) is 71.4 Å². The van der Waals surface area contributed by atoms with Crippen molar-refractivity contribution >= 4 is 30.3 Å². The number of carbonyl (C=O) groups excluding carboxylic acids is 2. The van der Waals surface area contributed by atoms with Gasteiger partial charge in [0.05, 0.1) is 5.71 Å². The van der Waals surface area contributed by atoms with E-state index in [-0.39, 0.29) is 17.8 Å². The van der Waals surface area contributed by atoms with Gasteiger partial charge in [0.1, 0.15) is 19.8 Å². The summed E-state index contributed by atoms with van der Waals surface area (Å²) < 4.78 is 5.07. The molecule has 7 nitrogen and oxygen atoms in total. The van der Waals surface area contributed by atoms with E-state index < -0.39 is 12.1 Å². The van der Waals surface area contributed by atoms with Crippen LogP contribution >= 0.6 is 12.6 Å².